The van der Waals surface area contributed by atoms with Crippen molar-refractivity contribution in [1.29, 1.82) is 0 Å². The lowest BCUT2D eigenvalue weighted by molar-refractivity contribution is -0.118. The molecule has 4 rings (SSSR count). The van der Waals surface area contributed by atoms with Crippen molar-refractivity contribution in [2.24, 2.45) is 0 Å². The maximum Gasteiger partial charge on any atom is 0.262 e. The first-order valence-electron chi connectivity index (χ1n) is 10.9. The number of hydrogen-bond donors (Lipinski definition) is 1. The van der Waals surface area contributed by atoms with Crippen LogP contribution in [0.5, 0.6) is 11.5 Å². The Morgan fingerprint density at radius 2 is 1.70 bits per heavy atom. The standard InChI is InChI=1S/C27H25NO5/c1-3-18-10-15-23-22(16-18)25(30)27(26(33-23)19-8-6-5-7-9-19)32-17-24(29)28-20-11-13-21(14-12-20)31-4-2/h5-16H,3-4,17H2,1-2H3,(H,28,29). The third-order valence-corrected chi connectivity index (χ3v) is 5.15. The van der Waals surface area contributed by atoms with Crippen LogP contribution in [0.1, 0.15) is 19.4 Å². The first-order valence-corrected chi connectivity index (χ1v) is 10.9. The molecular formula is C27H25NO5. The van der Waals surface area contributed by atoms with Crippen LogP contribution in [0.3, 0.4) is 0 Å². The van der Waals surface area contributed by atoms with Gasteiger partial charge in [-0.1, -0.05) is 43.3 Å². The van der Waals surface area contributed by atoms with Crippen LogP contribution in [-0.4, -0.2) is 19.1 Å². The summed E-state index contributed by atoms with van der Waals surface area (Å²) in [6.45, 7) is 4.15. The van der Waals surface area contributed by atoms with E-state index in [9.17, 15) is 9.59 Å². The van der Waals surface area contributed by atoms with Gasteiger partial charge in [-0.05, 0) is 55.3 Å². The molecule has 6 nitrogen and oxygen atoms in total. The molecule has 0 bridgehead atoms. The molecule has 1 N–H and O–H groups in total. The lowest BCUT2D eigenvalue weighted by atomic mass is 10.1. The SMILES string of the molecule is CCOc1ccc(NC(=O)COc2c(-c3ccccc3)oc3ccc(CC)cc3c2=O)cc1. The molecule has 1 aromatic heterocycles. The quantitative estimate of drug-likeness (QED) is 0.392. The van der Waals surface area contributed by atoms with Crippen LogP contribution >= 0.6 is 0 Å². The molecule has 3 aromatic carbocycles. The Balaban J connectivity index is 1.62. The van der Waals surface area contributed by atoms with Crippen molar-refractivity contribution in [2.75, 3.05) is 18.5 Å². The van der Waals surface area contributed by atoms with Crippen molar-refractivity contribution in [1.82, 2.24) is 0 Å². The van der Waals surface area contributed by atoms with E-state index < -0.39 is 0 Å². The van der Waals surface area contributed by atoms with Crippen LogP contribution in [0.2, 0.25) is 0 Å². The largest absolute Gasteiger partial charge is 0.494 e. The van der Waals surface area contributed by atoms with Crippen LogP contribution in [0.15, 0.2) is 82.0 Å². The topological polar surface area (TPSA) is 77.8 Å². The maximum absolute atomic E-state index is 13.3. The normalized spacial score (nSPS) is 10.7. The van der Waals surface area contributed by atoms with Crippen LogP contribution in [-0.2, 0) is 11.2 Å². The number of ether oxygens (including phenoxy) is 2. The van der Waals surface area contributed by atoms with Gasteiger partial charge in [-0.2, -0.15) is 0 Å². The lowest BCUT2D eigenvalue weighted by Crippen LogP contribution is -2.22. The zero-order chi connectivity index (χ0) is 23.2. The van der Waals surface area contributed by atoms with Gasteiger partial charge in [0.15, 0.2) is 12.4 Å². The Labute approximate surface area is 191 Å². The average Bonchev–Trinajstić information content (AvgIpc) is 2.85. The highest BCUT2D eigenvalue weighted by Gasteiger charge is 2.19. The van der Waals surface area contributed by atoms with Gasteiger partial charge < -0.3 is 19.2 Å². The predicted molar refractivity (Wildman–Crippen MR) is 129 cm³/mol. The molecule has 0 atom stereocenters. The van der Waals surface area contributed by atoms with Crippen molar-refractivity contribution < 1.29 is 18.7 Å². The van der Waals surface area contributed by atoms with Gasteiger partial charge in [0.25, 0.3) is 5.91 Å². The zero-order valence-electron chi connectivity index (χ0n) is 18.6. The number of nitrogens with one attached hydrogen (secondary N) is 1. The second-order valence-electron chi connectivity index (χ2n) is 7.43. The van der Waals surface area contributed by atoms with Crippen molar-refractivity contribution in [3.05, 3.63) is 88.6 Å². The van der Waals surface area contributed by atoms with Crippen molar-refractivity contribution in [3.63, 3.8) is 0 Å². The highest BCUT2D eigenvalue weighted by molar-refractivity contribution is 5.92. The number of benzene rings is 3. The Kier molecular flexibility index (Phi) is 6.74. The summed E-state index contributed by atoms with van der Waals surface area (Å²) in [6.07, 6.45) is 0.788. The van der Waals surface area contributed by atoms with E-state index in [2.05, 4.69) is 5.32 Å². The van der Waals surface area contributed by atoms with Crippen LogP contribution in [0, 0.1) is 0 Å². The van der Waals surface area contributed by atoms with Gasteiger partial charge in [-0.15, -0.1) is 0 Å². The molecule has 0 aliphatic carbocycles. The zero-order valence-corrected chi connectivity index (χ0v) is 18.6. The van der Waals surface area contributed by atoms with E-state index in [0.717, 1.165) is 17.7 Å². The molecule has 0 radical (unpaired) electrons. The van der Waals surface area contributed by atoms with E-state index in [0.29, 0.717) is 34.6 Å². The summed E-state index contributed by atoms with van der Waals surface area (Å²) >= 11 is 0. The fourth-order valence-corrected chi connectivity index (χ4v) is 3.49. The van der Waals surface area contributed by atoms with Gasteiger partial charge >= 0.3 is 0 Å². The first-order chi connectivity index (χ1) is 16.1. The third kappa shape index (κ3) is 5.06. The summed E-state index contributed by atoms with van der Waals surface area (Å²) in [5, 5.41) is 3.19. The van der Waals surface area contributed by atoms with Gasteiger partial charge in [0, 0.05) is 11.3 Å². The summed E-state index contributed by atoms with van der Waals surface area (Å²) in [6, 6.07) is 21.8. The molecule has 168 valence electrons. The van der Waals surface area contributed by atoms with Crippen molar-refractivity contribution >= 4 is 22.6 Å². The summed E-state index contributed by atoms with van der Waals surface area (Å²) in [7, 11) is 0. The molecule has 0 aliphatic rings. The van der Waals surface area contributed by atoms with Crippen LogP contribution < -0.4 is 20.2 Å². The monoisotopic (exact) mass is 443 g/mol. The fourth-order valence-electron chi connectivity index (χ4n) is 3.49. The molecule has 6 heteroatoms. The van der Waals surface area contributed by atoms with Crippen molar-refractivity contribution in [2.45, 2.75) is 20.3 Å². The molecule has 1 amide bonds. The molecule has 33 heavy (non-hydrogen) atoms. The molecular weight excluding hydrogens is 418 g/mol. The summed E-state index contributed by atoms with van der Waals surface area (Å²) in [5.74, 6) is 0.648. The van der Waals surface area contributed by atoms with E-state index >= 15 is 0 Å². The maximum atomic E-state index is 13.3. The van der Waals surface area contributed by atoms with Gasteiger partial charge in [0.2, 0.25) is 11.2 Å². The van der Waals surface area contributed by atoms with Gasteiger partial charge in [0.05, 0.1) is 12.0 Å². The molecule has 0 spiro atoms. The number of carbonyl (C=O) groups excluding carboxylic acids is 1. The van der Waals surface area contributed by atoms with Crippen LogP contribution in [0.25, 0.3) is 22.3 Å². The fraction of sp³-hybridized carbons (Fsp3) is 0.185. The summed E-state index contributed by atoms with van der Waals surface area (Å²) in [5.41, 5.74) is 2.48. The van der Waals surface area contributed by atoms with E-state index in [1.165, 1.54) is 0 Å². The Morgan fingerprint density at radius 1 is 0.939 bits per heavy atom. The molecule has 0 aliphatic heterocycles. The molecule has 0 saturated carbocycles. The third-order valence-electron chi connectivity index (χ3n) is 5.15. The van der Waals surface area contributed by atoms with E-state index in [-0.39, 0.29) is 23.7 Å². The van der Waals surface area contributed by atoms with Gasteiger partial charge in [0.1, 0.15) is 11.3 Å². The van der Waals surface area contributed by atoms with Crippen LogP contribution in [0.4, 0.5) is 5.69 Å². The number of carbonyl (C=O) groups is 1. The van der Waals surface area contributed by atoms with Crippen molar-refractivity contribution in [3.8, 4) is 22.8 Å². The Bertz CT molecular complexity index is 1310. The number of aryl methyl sites for hydroxylation is 1. The highest BCUT2D eigenvalue weighted by Crippen LogP contribution is 2.31. The van der Waals surface area contributed by atoms with E-state index in [1.54, 1.807) is 30.3 Å². The molecule has 0 unspecified atom stereocenters. The second kappa shape index (κ2) is 10.0. The molecule has 1 heterocycles. The average molecular weight is 443 g/mol. The minimum Gasteiger partial charge on any atom is -0.494 e. The first kappa shape index (κ1) is 22.1. The smallest absolute Gasteiger partial charge is 0.262 e. The number of hydrogen-bond acceptors (Lipinski definition) is 5. The molecule has 0 saturated heterocycles. The summed E-state index contributed by atoms with van der Waals surface area (Å²) < 4.78 is 17.2. The highest BCUT2D eigenvalue weighted by atomic mass is 16.5. The lowest BCUT2D eigenvalue weighted by Gasteiger charge is -2.12. The molecule has 4 aromatic rings. The Hall–Kier alpha value is -4.06. The predicted octanol–water partition coefficient (Wildman–Crippen LogP) is 5.44. The van der Waals surface area contributed by atoms with Gasteiger partial charge in [-0.25, -0.2) is 0 Å². The van der Waals surface area contributed by atoms with E-state index in [4.69, 9.17) is 13.9 Å². The van der Waals surface area contributed by atoms with E-state index in [1.807, 2.05) is 56.3 Å². The minimum atomic E-state index is -0.389. The molecule has 0 fully saturated rings. The Morgan fingerprint density at radius 3 is 2.39 bits per heavy atom. The second-order valence-corrected chi connectivity index (χ2v) is 7.43. The number of rotatable bonds is 8. The number of anilines is 1. The van der Waals surface area contributed by atoms with Gasteiger partial charge in [-0.3, -0.25) is 9.59 Å². The number of fused-ring (bicyclic) bond motifs is 1. The minimum absolute atomic E-state index is 0.0174. The summed E-state index contributed by atoms with van der Waals surface area (Å²) in [4.78, 5) is 25.8. The number of amides is 1.